The van der Waals surface area contributed by atoms with Crippen molar-refractivity contribution in [1.82, 2.24) is 4.98 Å². The number of aromatic amines is 1. The molecule has 0 aliphatic carbocycles. The Kier molecular flexibility index (Phi) is 4.49. The predicted molar refractivity (Wildman–Crippen MR) is 85.8 cm³/mol. The van der Waals surface area contributed by atoms with E-state index in [0.29, 0.717) is 0 Å². The molecule has 0 radical (unpaired) electrons. The van der Waals surface area contributed by atoms with E-state index in [1.165, 1.54) is 0 Å². The van der Waals surface area contributed by atoms with Gasteiger partial charge in [-0.3, -0.25) is 4.79 Å². The van der Waals surface area contributed by atoms with Crippen LogP contribution in [-0.4, -0.2) is 19.7 Å². The van der Waals surface area contributed by atoms with Crippen molar-refractivity contribution in [1.29, 1.82) is 0 Å². The highest BCUT2D eigenvalue weighted by Gasteiger charge is 2.08. The fourth-order valence-corrected chi connectivity index (χ4v) is 2.28. The highest BCUT2D eigenvalue weighted by molar-refractivity contribution is 7.45. The van der Waals surface area contributed by atoms with Crippen LogP contribution in [0.1, 0.15) is 11.1 Å². The quantitative estimate of drug-likeness (QED) is 0.375. The molecule has 7 heteroatoms. The molecule has 3 rings (SSSR count). The second kappa shape index (κ2) is 6.02. The van der Waals surface area contributed by atoms with Crippen molar-refractivity contribution in [3.8, 4) is 0 Å². The smallest absolute Gasteiger partial charge is 0.354 e. The number of phosphoric acid groups is 1. The zero-order chi connectivity index (χ0) is 16.5. The summed E-state index contributed by atoms with van der Waals surface area (Å²) in [6, 6.07) is 11.7. The molecular formula is C15H16NO5P. The fourth-order valence-electron chi connectivity index (χ4n) is 2.28. The topological polar surface area (TPSA) is 111 Å². The molecular weight excluding hydrogens is 305 g/mol. The van der Waals surface area contributed by atoms with E-state index >= 15 is 0 Å². The molecule has 0 atom stereocenters. The Morgan fingerprint density at radius 1 is 0.955 bits per heavy atom. The number of H-pyrrole nitrogens is 1. The molecule has 6 nitrogen and oxygen atoms in total. The van der Waals surface area contributed by atoms with Gasteiger partial charge in [-0.2, -0.15) is 0 Å². The van der Waals surface area contributed by atoms with Gasteiger partial charge in [-0.15, -0.1) is 0 Å². The molecule has 2 aromatic carbocycles. The molecule has 0 unspecified atom stereocenters. The molecule has 1 aromatic heterocycles. The Balaban J connectivity index is 0.000000309. The van der Waals surface area contributed by atoms with E-state index in [0.717, 1.165) is 32.9 Å². The Hall–Kier alpha value is -1.98. The van der Waals surface area contributed by atoms with E-state index in [1.54, 1.807) is 0 Å². The standard InChI is InChI=1S/C15H13NO.H3O4P/c1-9-7-8-13-14(10(9)2)15(17)11-5-3-4-6-12(11)16-13;1-5(2,3)4/h3-8H,1-2H3,(H,16,17);(H3,1,2,3,4). The number of aromatic nitrogens is 1. The SMILES string of the molecule is Cc1ccc2[nH]c3ccccc3c(=O)c2c1C.O=P(O)(O)O. The summed E-state index contributed by atoms with van der Waals surface area (Å²) in [5.74, 6) is 0. The van der Waals surface area contributed by atoms with E-state index in [4.69, 9.17) is 19.2 Å². The summed E-state index contributed by atoms with van der Waals surface area (Å²) in [4.78, 5) is 37.3. The lowest BCUT2D eigenvalue weighted by Gasteiger charge is -2.07. The molecule has 22 heavy (non-hydrogen) atoms. The molecule has 0 saturated carbocycles. The van der Waals surface area contributed by atoms with Crippen LogP contribution in [0, 0.1) is 13.8 Å². The number of fused-ring (bicyclic) bond motifs is 2. The van der Waals surface area contributed by atoms with E-state index in [1.807, 2.05) is 50.2 Å². The van der Waals surface area contributed by atoms with Crippen LogP contribution in [0.4, 0.5) is 0 Å². The number of hydrogen-bond acceptors (Lipinski definition) is 2. The normalized spacial score (nSPS) is 11.3. The highest BCUT2D eigenvalue weighted by Crippen LogP contribution is 2.25. The number of pyridine rings is 1. The van der Waals surface area contributed by atoms with Crippen LogP contribution in [-0.2, 0) is 4.57 Å². The Morgan fingerprint density at radius 3 is 2.18 bits per heavy atom. The summed E-state index contributed by atoms with van der Waals surface area (Å²) >= 11 is 0. The molecule has 4 N–H and O–H groups in total. The van der Waals surface area contributed by atoms with Crippen molar-refractivity contribution in [2.75, 3.05) is 0 Å². The molecule has 116 valence electrons. The third-order valence-electron chi connectivity index (χ3n) is 3.40. The van der Waals surface area contributed by atoms with Crippen LogP contribution in [0.2, 0.25) is 0 Å². The van der Waals surface area contributed by atoms with Gasteiger partial charge in [0.1, 0.15) is 0 Å². The predicted octanol–water partition coefficient (Wildman–Crippen LogP) is 2.37. The van der Waals surface area contributed by atoms with Gasteiger partial charge in [-0.25, -0.2) is 4.57 Å². The van der Waals surface area contributed by atoms with Crippen molar-refractivity contribution in [3.63, 3.8) is 0 Å². The fraction of sp³-hybridized carbons (Fsp3) is 0.133. The minimum Gasteiger partial charge on any atom is -0.354 e. The number of aryl methyl sites for hydroxylation is 2. The number of hydrogen-bond donors (Lipinski definition) is 4. The van der Waals surface area contributed by atoms with Gasteiger partial charge in [0.05, 0.1) is 5.52 Å². The first-order chi connectivity index (χ1) is 10.2. The molecule has 0 amide bonds. The van der Waals surface area contributed by atoms with Crippen LogP contribution >= 0.6 is 7.82 Å². The highest BCUT2D eigenvalue weighted by atomic mass is 31.2. The van der Waals surface area contributed by atoms with Crippen molar-refractivity contribution < 1.29 is 19.2 Å². The lowest BCUT2D eigenvalue weighted by atomic mass is 10.0. The third kappa shape index (κ3) is 3.61. The zero-order valence-corrected chi connectivity index (χ0v) is 13.0. The van der Waals surface area contributed by atoms with Crippen LogP contribution in [0.15, 0.2) is 41.2 Å². The average molecular weight is 321 g/mol. The molecule has 3 aromatic rings. The van der Waals surface area contributed by atoms with Gasteiger partial charge in [0.2, 0.25) is 0 Å². The van der Waals surface area contributed by atoms with Gasteiger partial charge in [0.15, 0.2) is 5.43 Å². The number of rotatable bonds is 0. The van der Waals surface area contributed by atoms with Gasteiger partial charge in [-0.1, -0.05) is 18.2 Å². The number of para-hydroxylation sites is 1. The largest absolute Gasteiger partial charge is 0.466 e. The monoisotopic (exact) mass is 321 g/mol. The first-order valence-electron chi connectivity index (χ1n) is 6.47. The second-order valence-electron chi connectivity index (χ2n) is 4.94. The summed E-state index contributed by atoms with van der Waals surface area (Å²) < 4.78 is 8.88. The van der Waals surface area contributed by atoms with E-state index in [9.17, 15) is 4.79 Å². The summed E-state index contributed by atoms with van der Waals surface area (Å²) in [7, 11) is -4.64. The minimum absolute atomic E-state index is 0.121. The lowest BCUT2D eigenvalue weighted by molar-refractivity contribution is 0.275. The Morgan fingerprint density at radius 2 is 1.55 bits per heavy atom. The number of benzene rings is 2. The molecule has 1 heterocycles. The van der Waals surface area contributed by atoms with Crippen molar-refractivity contribution in [2.24, 2.45) is 0 Å². The molecule has 0 bridgehead atoms. The molecule has 0 aliphatic heterocycles. The first kappa shape index (κ1) is 16.4. The second-order valence-corrected chi connectivity index (χ2v) is 5.97. The number of nitrogens with one attached hydrogen (secondary N) is 1. The molecule has 0 fully saturated rings. The molecule has 0 saturated heterocycles. The van der Waals surface area contributed by atoms with Gasteiger partial charge < -0.3 is 19.7 Å². The van der Waals surface area contributed by atoms with Gasteiger partial charge >= 0.3 is 7.82 Å². The van der Waals surface area contributed by atoms with E-state index in [2.05, 4.69) is 4.98 Å². The summed E-state index contributed by atoms with van der Waals surface area (Å²) in [6.07, 6.45) is 0. The Bertz CT molecular complexity index is 933. The van der Waals surface area contributed by atoms with Gasteiger partial charge in [0.25, 0.3) is 0 Å². The Labute approximate surface area is 126 Å². The third-order valence-corrected chi connectivity index (χ3v) is 3.40. The van der Waals surface area contributed by atoms with Crippen LogP contribution in [0.3, 0.4) is 0 Å². The minimum atomic E-state index is -4.64. The van der Waals surface area contributed by atoms with Crippen molar-refractivity contribution in [3.05, 3.63) is 57.7 Å². The average Bonchev–Trinajstić information content (AvgIpc) is 2.41. The first-order valence-corrected chi connectivity index (χ1v) is 8.04. The van der Waals surface area contributed by atoms with Crippen LogP contribution in [0.5, 0.6) is 0 Å². The zero-order valence-electron chi connectivity index (χ0n) is 12.1. The summed E-state index contributed by atoms with van der Waals surface area (Å²) in [5.41, 5.74) is 4.15. The van der Waals surface area contributed by atoms with E-state index in [-0.39, 0.29) is 5.43 Å². The van der Waals surface area contributed by atoms with Gasteiger partial charge in [0, 0.05) is 16.3 Å². The molecule has 0 spiro atoms. The lowest BCUT2D eigenvalue weighted by Crippen LogP contribution is -2.06. The van der Waals surface area contributed by atoms with Crippen LogP contribution in [0.25, 0.3) is 21.8 Å². The summed E-state index contributed by atoms with van der Waals surface area (Å²) in [6.45, 7) is 4.03. The molecule has 0 aliphatic rings. The van der Waals surface area contributed by atoms with Crippen LogP contribution < -0.4 is 5.43 Å². The maximum Gasteiger partial charge on any atom is 0.466 e. The van der Waals surface area contributed by atoms with Crippen molar-refractivity contribution in [2.45, 2.75) is 13.8 Å². The maximum atomic E-state index is 12.4. The van der Waals surface area contributed by atoms with E-state index < -0.39 is 7.82 Å². The summed E-state index contributed by atoms with van der Waals surface area (Å²) in [5, 5.41) is 1.57. The van der Waals surface area contributed by atoms with Gasteiger partial charge in [-0.05, 0) is 43.2 Å². The van der Waals surface area contributed by atoms with Crippen molar-refractivity contribution >= 4 is 29.6 Å². The maximum absolute atomic E-state index is 12.4.